The Bertz CT molecular complexity index is 1950. The van der Waals surface area contributed by atoms with E-state index >= 15 is 0 Å². The number of hydrogen-bond acceptors (Lipinski definition) is 6. The van der Waals surface area contributed by atoms with Gasteiger partial charge >= 0.3 is 12.4 Å². The summed E-state index contributed by atoms with van der Waals surface area (Å²) in [6, 6.07) is 9.46. The van der Waals surface area contributed by atoms with Crippen molar-refractivity contribution >= 4 is 0 Å². The molecule has 0 saturated carbocycles. The number of unbranched alkanes of at least 4 members (excludes halogenated alkanes) is 2. The first-order valence-electron chi connectivity index (χ1n) is 17.4. The van der Waals surface area contributed by atoms with Crippen LogP contribution < -0.4 is 23.7 Å². The monoisotopic (exact) mass is 828 g/mol. The molecule has 4 rings (SSSR count). The van der Waals surface area contributed by atoms with E-state index in [1.807, 2.05) is 0 Å². The predicted octanol–water partition coefficient (Wildman–Crippen LogP) is 12.0. The molecule has 0 atom stereocenters. The summed E-state index contributed by atoms with van der Waals surface area (Å²) in [5.41, 5.74) is -3.18. The number of ether oxygens (including phenoxy) is 5. The van der Waals surface area contributed by atoms with Gasteiger partial charge in [-0.05, 0) is 81.1 Å². The maximum atomic E-state index is 14.5. The number of phenols is 1. The van der Waals surface area contributed by atoms with Gasteiger partial charge in [0.2, 0.25) is 29.2 Å². The van der Waals surface area contributed by atoms with Crippen molar-refractivity contribution < 1.29 is 81.5 Å². The van der Waals surface area contributed by atoms with Crippen LogP contribution in [0.15, 0.2) is 60.7 Å². The molecule has 0 aromatic heterocycles. The van der Waals surface area contributed by atoms with Crippen LogP contribution in [-0.4, -0.2) is 30.8 Å². The standard InChI is InChI=1S/C39H36F12O6/c1-2-53-30-13-14-32(36(43)35(30)42)57-22-24-8-10-26(20-28(24)39(49,50)51)55-18-6-4-16-37(44,45)15-3-5-17-54-25-9-7-23(27(19-25)38(46,47)48)21-56-31-12-11-29(52)33(40)34(31)41/h7-14,19-20,52H,2-6,15-18,21-22H2,1H3. The minimum absolute atomic E-state index is 0.0453. The van der Waals surface area contributed by atoms with Gasteiger partial charge in [0.15, 0.2) is 23.0 Å². The highest BCUT2D eigenvalue weighted by molar-refractivity contribution is 5.40. The number of halogens is 12. The van der Waals surface area contributed by atoms with Gasteiger partial charge < -0.3 is 28.8 Å². The maximum Gasteiger partial charge on any atom is 0.416 e. The lowest BCUT2D eigenvalue weighted by molar-refractivity contribution is -0.139. The highest BCUT2D eigenvalue weighted by Gasteiger charge is 2.35. The van der Waals surface area contributed by atoms with Gasteiger partial charge in [0.25, 0.3) is 0 Å². The molecule has 1 N–H and O–H groups in total. The zero-order chi connectivity index (χ0) is 42.0. The molecule has 0 heterocycles. The lowest BCUT2D eigenvalue weighted by Crippen LogP contribution is -2.16. The second-order valence-electron chi connectivity index (χ2n) is 12.5. The molecule has 4 aromatic rings. The molecule has 0 radical (unpaired) electrons. The molecule has 0 bridgehead atoms. The van der Waals surface area contributed by atoms with Crippen LogP contribution in [0.1, 0.15) is 67.7 Å². The van der Waals surface area contributed by atoms with E-state index < -0.39 is 107 Å². The van der Waals surface area contributed by atoms with Crippen molar-refractivity contribution in [2.75, 3.05) is 19.8 Å². The van der Waals surface area contributed by atoms with Crippen molar-refractivity contribution in [3.8, 4) is 34.5 Å². The number of rotatable bonds is 20. The number of aromatic hydroxyl groups is 1. The number of hydrogen-bond donors (Lipinski definition) is 1. The summed E-state index contributed by atoms with van der Waals surface area (Å²) < 4.78 is 193. The number of benzene rings is 4. The van der Waals surface area contributed by atoms with E-state index in [1.54, 1.807) is 6.92 Å². The molecule has 6 nitrogen and oxygen atoms in total. The fraction of sp³-hybridized carbons (Fsp3) is 0.385. The normalized spacial score (nSPS) is 12.1. The molecule has 0 saturated heterocycles. The molecule has 18 heteroatoms. The maximum absolute atomic E-state index is 14.5. The highest BCUT2D eigenvalue weighted by atomic mass is 19.4. The molecule has 0 spiro atoms. The lowest BCUT2D eigenvalue weighted by Gasteiger charge is -2.18. The van der Waals surface area contributed by atoms with Crippen molar-refractivity contribution in [2.24, 2.45) is 0 Å². The van der Waals surface area contributed by atoms with E-state index in [0.717, 1.165) is 36.4 Å². The first kappa shape index (κ1) is 44.6. The largest absolute Gasteiger partial charge is 0.505 e. The van der Waals surface area contributed by atoms with Gasteiger partial charge in [0.1, 0.15) is 24.7 Å². The number of alkyl halides is 8. The third kappa shape index (κ3) is 12.7. The molecule has 0 unspecified atom stereocenters. The molecule has 0 fully saturated rings. The average Bonchev–Trinajstić information content (AvgIpc) is 3.14. The van der Waals surface area contributed by atoms with Crippen molar-refractivity contribution in [3.63, 3.8) is 0 Å². The summed E-state index contributed by atoms with van der Waals surface area (Å²) in [6.07, 6.45) is -10.9. The summed E-state index contributed by atoms with van der Waals surface area (Å²) >= 11 is 0. The SMILES string of the molecule is CCOc1ccc(OCc2ccc(OCCCCC(F)(F)CCCCOc3ccc(COc4ccc(O)c(F)c4F)c(C(F)(F)F)c3)cc2C(F)(F)F)c(F)c1F. The van der Waals surface area contributed by atoms with Crippen molar-refractivity contribution in [2.45, 2.75) is 76.9 Å². The van der Waals surface area contributed by atoms with Gasteiger partial charge in [0, 0.05) is 24.0 Å². The molecule has 0 aliphatic carbocycles. The molecule has 0 aliphatic heterocycles. The van der Waals surface area contributed by atoms with Crippen LogP contribution in [0.3, 0.4) is 0 Å². The van der Waals surface area contributed by atoms with E-state index in [2.05, 4.69) is 0 Å². The minimum Gasteiger partial charge on any atom is -0.505 e. The van der Waals surface area contributed by atoms with Crippen LogP contribution in [0.25, 0.3) is 0 Å². The Morgan fingerprint density at radius 3 is 1.32 bits per heavy atom. The topological polar surface area (TPSA) is 66.4 Å². The molecular weight excluding hydrogens is 792 g/mol. The van der Waals surface area contributed by atoms with Crippen LogP contribution in [-0.2, 0) is 25.6 Å². The first-order chi connectivity index (χ1) is 26.8. The van der Waals surface area contributed by atoms with Crippen molar-refractivity contribution in [1.29, 1.82) is 0 Å². The van der Waals surface area contributed by atoms with E-state index in [4.69, 9.17) is 23.7 Å². The van der Waals surface area contributed by atoms with Crippen LogP contribution in [0.5, 0.6) is 34.5 Å². The quantitative estimate of drug-likeness (QED) is 0.0707. The zero-order valence-corrected chi connectivity index (χ0v) is 30.1. The smallest absolute Gasteiger partial charge is 0.416 e. The fourth-order valence-electron chi connectivity index (χ4n) is 5.38. The molecular formula is C39H36F12O6. The van der Waals surface area contributed by atoms with Gasteiger partial charge in [-0.3, -0.25) is 0 Å². The third-order valence-electron chi connectivity index (χ3n) is 8.29. The van der Waals surface area contributed by atoms with Crippen molar-refractivity contribution in [1.82, 2.24) is 0 Å². The van der Waals surface area contributed by atoms with E-state index in [1.165, 1.54) is 12.1 Å². The lowest BCUT2D eigenvalue weighted by atomic mass is 10.1. The summed E-state index contributed by atoms with van der Waals surface area (Å²) in [5, 5.41) is 9.19. The molecule has 57 heavy (non-hydrogen) atoms. The Balaban J connectivity index is 1.19. The summed E-state index contributed by atoms with van der Waals surface area (Å²) in [6.45, 7) is -0.353. The Morgan fingerprint density at radius 1 is 0.491 bits per heavy atom. The second-order valence-corrected chi connectivity index (χ2v) is 12.5. The van der Waals surface area contributed by atoms with Crippen LogP contribution in [0, 0.1) is 23.3 Å². The zero-order valence-electron chi connectivity index (χ0n) is 30.1. The van der Waals surface area contributed by atoms with Gasteiger partial charge in [0.05, 0.1) is 30.9 Å². The molecule has 4 aromatic carbocycles. The second kappa shape index (κ2) is 19.3. The molecule has 0 amide bonds. The Labute approximate surface area is 318 Å². The van der Waals surface area contributed by atoms with Crippen LogP contribution >= 0.6 is 0 Å². The number of phenolic OH excluding ortho intramolecular Hbond substituents is 1. The Kier molecular flexibility index (Phi) is 15.1. The first-order valence-corrected chi connectivity index (χ1v) is 17.4. The highest BCUT2D eigenvalue weighted by Crippen LogP contribution is 2.38. The fourth-order valence-corrected chi connectivity index (χ4v) is 5.38. The van der Waals surface area contributed by atoms with Crippen LogP contribution in [0.2, 0.25) is 0 Å². The third-order valence-corrected chi connectivity index (χ3v) is 8.29. The van der Waals surface area contributed by atoms with Gasteiger partial charge in [-0.1, -0.05) is 12.1 Å². The van der Waals surface area contributed by atoms with E-state index in [9.17, 15) is 57.8 Å². The van der Waals surface area contributed by atoms with Gasteiger partial charge in [-0.2, -0.15) is 43.9 Å². The van der Waals surface area contributed by atoms with Crippen molar-refractivity contribution in [3.05, 3.63) is 106 Å². The molecule has 312 valence electrons. The summed E-state index contributed by atoms with van der Waals surface area (Å²) in [7, 11) is 0. The summed E-state index contributed by atoms with van der Waals surface area (Å²) in [4.78, 5) is 0. The van der Waals surface area contributed by atoms with Gasteiger partial charge in [-0.25, -0.2) is 8.78 Å². The van der Waals surface area contributed by atoms with E-state index in [-0.39, 0.29) is 62.8 Å². The predicted molar refractivity (Wildman–Crippen MR) is 181 cm³/mol. The Morgan fingerprint density at radius 2 is 0.895 bits per heavy atom. The average molecular weight is 829 g/mol. The molecule has 0 aliphatic rings. The van der Waals surface area contributed by atoms with Gasteiger partial charge in [-0.15, -0.1) is 0 Å². The van der Waals surface area contributed by atoms with Crippen LogP contribution in [0.4, 0.5) is 52.7 Å². The van der Waals surface area contributed by atoms with E-state index in [0.29, 0.717) is 12.1 Å². The Hall–Kier alpha value is -5.16. The summed E-state index contributed by atoms with van der Waals surface area (Å²) in [5.74, 6) is -12.3. The minimum atomic E-state index is -4.89.